The molecule has 0 aromatic heterocycles. The zero-order valence-electron chi connectivity index (χ0n) is 11.6. The van der Waals surface area contributed by atoms with Gasteiger partial charge in [0, 0.05) is 0 Å². The molecule has 0 spiro atoms. The zero-order valence-corrected chi connectivity index (χ0v) is 11.6. The summed E-state index contributed by atoms with van der Waals surface area (Å²) in [6.45, 7) is 6.61. The molecule has 0 unspecified atom stereocenters. The minimum Gasteiger partial charge on any atom is -0.485 e. The number of nitrogens with two attached hydrogens (primary N) is 1. The SMILES string of the molecule is CC(C)(C)OC(=O)N1CC(Oc2ccccc2N)C1. The molecule has 5 heteroatoms. The van der Waals surface area contributed by atoms with E-state index in [-0.39, 0.29) is 12.2 Å². The van der Waals surface area contributed by atoms with E-state index in [2.05, 4.69) is 0 Å². The highest BCUT2D eigenvalue weighted by Crippen LogP contribution is 2.24. The predicted molar refractivity (Wildman–Crippen MR) is 73.1 cm³/mol. The molecule has 2 N–H and O–H groups in total. The summed E-state index contributed by atoms with van der Waals surface area (Å²) in [6, 6.07) is 7.34. The van der Waals surface area contributed by atoms with E-state index < -0.39 is 5.60 Å². The van der Waals surface area contributed by atoms with Gasteiger partial charge in [-0.2, -0.15) is 0 Å². The average molecular weight is 264 g/mol. The summed E-state index contributed by atoms with van der Waals surface area (Å²) < 4.78 is 11.0. The van der Waals surface area contributed by atoms with Crippen LogP contribution in [0, 0.1) is 0 Å². The van der Waals surface area contributed by atoms with Crippen LogP contribution in [-0.4, -0.2) is 35.8 Å². The first-order chi connectivity index (χ1) is 8.85. The Bertz CT molecular complexity index is 462. The van der Waals surface area contributed by atoms with Crippen LogP contribution in [0.25, 0.3) is 0 Å². The van der Waals surface area contributed by atoms with Crippen molar-refractivity contribution in [3.63, 3.8) is 0 Å². The number of carbonyl (C=O) groups is 1. The number of benzene rings is 1. The maximum Gasteiger partial charge on any atom is 0.410 e. The van der Waals surface area contributed by atoms with Crippen molar-refractivity contribution in [2.24, 2.45) is 0 Å². The molecule has 0 aliphatic carbocycles. The molecule has 1 amide bonds. The molecule has 0 bridgehead atoms. The number of likely N-dealkylation sites (tertiary alicyclic amines) is 1. The third kappa shape index (κ3) is 3.53. The minimum atomic E-state index is -0.465. The van der Waals surface area contributed by atoms with Gasteiger partial charge in [0.2, 0.25) is 0 Å². The minimum absolute atomic E-state index is 0.0165. The summed E-state index contributed by atoms with van der Waals surface area (Å²) >= 11 is 0. The Hall–Kier alpha value is -1.91. The van der Waals surface area contributed by atoms with E-state index >= 15 is 0 Å². The number of anilines is 1. The lowest BCUT2D eigenvalue weighted by atomic mass is 10.1. The van der Waals surface area contributed by atoms with Gasteiger partial charge in [-0.1, -0.05) is 12.1 Å². The van der Waals surface area contributed by atoms with Crippen LogP contribution in [0.2, 0.25) is 0 Å². The Balaban J connectivity index is 1.81. The Morgan fingerprint density at radius 2 is 1.95 bits per heavy atom. The van der Waals surface area contributed by atoms with Crippen LogP contribution < -0.4 is 10.5 Å². The van der Waals surface area contributed by atoms with E-state index in [0.29, 0.717) is 24.5 Å². The maximum absolute atomic E-state index is 11.7. The number of nitrogen functional groups attached to an aromatic ring is 1. The quantitative estimate of drug-likeness (QED) is 0.832. The molecule has 1 aliphatic rings. The number of hydrogen-bond donors (Lipinski definition) is 1. The van der Waals surface area contributed by atoms with Gasteiger partial charge in [0.25, 0.3) is 0 Å². The molecule has 0 atom stereocenters. The van der Waals surface area contributed by atoms with E-state index in [4.69, 9.17) is 15.2 Å². The first kappa shape index (κ1) is 13.5. The molecule has 0 radical (unpaired) electrons. The fraction of sp³-hybridized carbons (Fsp3) is 0.500. The van der Waals surface area contributed by atoms with Crippen LogP contribution >= 0.6 is 0 Å². The van der Waals surface area contributed by atoms with Gasteiger partial charge in [-0.25, -0.2) is 4.79 Å². The lowest BCUT2D eigenvalue weighted by Crippen LogP contribution is -2.57. The largest absolute Gasteiger partial charge is 0.485 e. The smallest absolute Gasteiger partial charge is 0.410 e. The Morgan fingerprint density at radius 3 is 2.53 bits per heavy atom. The van der Waals surface area contributed by atoms with Crippen molar-refractivity contribution in [2.75, 3.05) is 18.8 Å². The van der Waals surface area contributed by atoms with E-state index in [9.17, 15) is 4.79 Å². The number of hydrogen-bond acceptors (Lipinski definition) is 4. The van der Waals surface area contributed by atoms with E-state index in [1.807, 2.05) is 39.0 Å². The maximum atomic E-state index is 11.7. The van der Waals surface area contributed by atoms with Gasteiger partial charge in [-0.05, 0) is 32.9 Å². The van der Waals surface area contributed by atoms with Crippen LogP contribution in [0.4, 0.5) is 10.5 Å². The first-order valence-corrected chi connectivity index (χ1v) is 6.34. The number of para-hydroxylation sites is 2. The topological polar surface area (TPSA) is 64.8 Å². The molecule has 19 heavy (non-hydrogen) atoms. The van der Waals surface area contributed by atoms with E-state index in [0.717, 1.165) is 0 Å². The molecular weight excluding hydrogens is 244 g/mol. The van der Waals surface area contributed by atoms with Gasteiger partial charge < -0.3 is 20.1 Å². The van der Waals surface area contributed by atoms with Gasteiger partial charge in [-0.15, -0.1) is 0 Å². The highest BCUT2D eigenvalue weighted by atomic mass is 16.6. The van der Waals surface area contributed by atoms with Crippen molar-refractivity contribution >= 4 is 11.8 Å². The fourth-order valence-electron chi connectivity index (χ4n) is 1.76. The monoisotopic (exact) mass is 264 g/mol. The number of rotatable bonds is 2. The predicted octanol–water partition coefficient (Wildman–Crippen LogP) is 2.27. The Morgan fingerprint density at radius 1 is 1.32 bits per heavy atom. The molecule has 1 aromatic rings. The molecule has 1 aliphatic heterocycles. The Labute approximate surface area is 113 Å². The van der Waals surface area contributed by atoms with Gasteiger partial charge >= 0.3 is 6.09 Å². The van der Waals surface area contributed by atoms with Crippen molar-refractivity contribution in [1.29, 1.82) is 0 Å². The second kappa shape index (κ2) is 4.99. The van der Waals surface area contributed by atoms with Crippen LogP contribution in [0.3, 0.4) is 0 Å². The van der Waals surface area contributed by atoms with Crippen molar-refractivity contribution in [2.45, 2.75) is 32.5 Å². The van der Waals surface area contributed by atoms with Crippen LogP contribution in [0.5, 0.6) is 5.75 Å². The van der Waals surface area contributed by atoms with Crippen LogP contribution in [-0.2, 0) is 4.74 Å². The van der Waals surface area contributed by atoms with E-state index in [1.54, 1.807) is 11.0 Å². The Kier molecular flexibility index (Phi) is 3.55. The normalized spacial score (nSPS) is 15.8. The van der Waals surface area contributed by atoms with Gasteiger partial charge in [0.1, 0.15) is 17.5 Å². The summed E-state index contributed by atoms with van der Waals surface area (Å²) in [5, 5.41) is 0. The lowest BCUT2D eigenvalue weighted by molar-refractivity contribution is -0.0219. The molecule has 5 nitrogen and oxygen atoms in total. The molecule has 104 valence electrons. The molecular formula is C14H20N2O3. The summed E-state index contributed by atoms with van der Waals surface area (Å²) in [4.78, 5) is 13.3. The third-order valence-corrected chi connectivity index (χ3v) is 2.71. The van der Waals surface area contributed by atoms with E-state index in [1.165, 1.54) is 0 Å². The first-order valence-electron chi connectivity index (χ1n) is 6.34. The average Bonchev–Trinajstić information content (AvgIpc) is 2.22. The molecule has 2 rings (SSSR count). The number of nitrogens with zero attached hydrogens (tertiary/aromatic N) is 1. The second-order valence-corrected chi connectivity index (χ2v) is 5.66. The summed E-state index contributed by atoms with van der Waals surface area (Å²) in [5.41, 5.74) is 5.94. The van der Waals surface area contributed by atoms with Gasteiger partial charge in [0.05, 0.1) is 18.8 Å². The second-order valence-electron chi connectivity index (χ2n) is 5.66. The van der Waals surface area contributed by atoms with Crippen molar-refractivity contribution in [3.8, 4) is 5.75 Å². The number of carbonyl (C=O) groups excluding carboxylic acids is 1. The summed E-state index contributed by atoms with van der Waals surface area (Å²) in [7, 11) is 0. The van der Waals surface area contributed by atoms with Crippen LogP contribution in [0.15, 0.2) is 24.3 Å². The number of amides is 1. The van der Waals surface area contributed by atoms with Crippen molar-refractivity contribution in [3.05, 3.63) is 24.3 Å². The molecule has 1 heterocycles. The highest BCUT2D eigenvalue weighted by molar-refractivity contribution is 5.69. The summed E-state index contributed by atoms with van der Waals surface area (Å²) in [6.07, 6.45) is -0.314. The number of ether oxygens (including phenoxy) is 2. The fourth-order valence-corrected chi connectivity index (χ4v) is 1.76. The van der Waals surface area contributed by atoms with Gasteiger partial charge in [0.15, 0.2) is 0 Å². The lowest BCUT2D eigenvalue weighted by Gasteiger charge is -2.39. The molecule has 1 fully saturated rings. The molecule has 1 aromatic carbocycles. The summed E-state index contributed by atoms with van der Waals surface area (Å²) in [5.74, 6) is 0.663. The van der Waals surface area contributed by atoms with Crippen molar-refractivity contribution in [1.82, 2.24) is 4.90 Å². The highest BCUT2D eigenvalue weighted by Gasteiger charge is 2.35. The van der Waals surface area contributed by atoms with Crippen molar-refractivity contribution < 1.29 is 14.3 Å². The molecule has 0 saturated carbocycles. The third-order valence-electron chi connectivity index (χ3n) is 2.71. The standard InChI is InChI=1S/C14H20N2O3/c1-14(2,3)19-13(17)16-8-10(9-16)18-12-7-5-4-6-11(12)15/h4-7,10H,8-9,15H2,1-3H3. The molecule has 1 saturated heterocycles. The van der Waals surface area contributed by atoms with Crippen LogP contribution in [0.1, 0.15) is 20.8 Å². The zero-order chi connectivity index (χ0) is 14.0. The van der Waals surface area contributed by atoms with Gasteiger partial charge in [-0.3, -0.25) is 0 Å².